The number of hydrogen-bond acceptors (Lipinski definition) is 6. The molecule has 9 heteroatoms. The zero-order valence-electron chi connectivity index (χ0n) is 20.1. The Labute approximate surface area is 213 Å². The Bertz CT molecular complexity index is 1330. The van der Waals surface area contributed by atoms with Gasteiger partial charge in [0.25, 0.3) is 0 Å². The minimum atomic E-state index is -0.427. The lowest BCUT2D eigenvalue weighted by molar-refractivity contribution is 0.151. The average Bonchev–Trinajstić information content (AvgIpc) is 3.54. The molecule has 0 spiro atoms. The highest BCUT2D eigenvalue weighted by molar-refractivity contribution is 7.19. The van der Waals surface area contributed by atoms with Gasteiger partial charge >= 0.3 is 6.09 Å². The monoisotopic (exact) mass is 512 g/mol. The summed E-state index contributed by atoms with van der Waals surface area (Å²) >= 11 is 7.51. The second kappa shape index (κ2) is 10.0. The third-order valence-corrected chi connectivity index (χ3v) is 7.80. The fourth-order valence-corrected chi connectivity index (χ4v) is 5.68. The summed E-state index contributed by atoms with van der Waals surface area (Å²) in [7, 11) is 0. The van der Waals surface area contributed by atoms with Gasteiger partial charge in [-0.2, -0.15) is 0 Å². The van der Waals surface area contributed by atoms with Gasteiger partial charge in [-0.1, -0.05) is 35.0 Å². The van der Waals surface area contributed by atoms with Crippen molar-refractivity contribution in [3.8, 4) is 16.5 Å². The number of benzene rings is 1. The summed E-state index contributed by atoms with van der Waals surface area (Å²) in [6.07, 6.45) is 1.41. The second-order valence-electron chi connectivity index (χ2n) is 9.31. The minimum Gasteiger partial charge on any atom is -0.393 e. The lowest BCUT2D eigenvalue weighted by atomic mass is 10.0. The number of aryl methyl sites for hydroxylation is 1. The van der Waals surface area contributed by atoms with Crippen LogP contribution in [0.1, 0.15) is 37.9 Å². The Morgan fingerprint density at radius 1 is 1.26 bits per heavy atom. The summed E-state index contributed by atoms with van der Waals surface area (Å²) in [6, 6.07) is 14.3. The average molecular weight is 513 g/mol. The summed E-state index contributed by atoms with van der Waals surface area (Å²) < 4.78 is 14.1. The molecule has 0 radical (unpaired) electrons. The molecule has 0 saturated carbocycles. The van der Waals surface area contributed by atoms with Gasteiger partial charge in [-0.3, -0.25) is 0 Å². The smallest absolute Gasteiger partial charge is 0.393 e. The molecule has 1 fully saturated rings. The third-order valence-electron chi connectivity index (χ3n) is 6.56. The number of ether oxygens (including phenoxy) is 1. The van der Waals surface area contributed by atoms with Gasteiger partial charge < -0.3 is 24.0 Å². The standard InChI is InChI=1S/C26H29ClN4O3S/c1-16(2)30-11-9-19(10-12-30)28-26(32)33-24-13-18-6-4-5-17(3)25(18)31(24)15-20-14-21(34-29-20)22-7-8-23(27)35-22/h4-8,13-14,16,19H,9-12,15H2,1-3H3,(H,28,32). The maximum atomic E-state index is 12.8. The van der Waals surface area contributed by atoms with Crippen molar-refractivity contribution in [1.29, 1.82) is 0 Å². The molecule has 0 unspecified atom stereocenters. The van der Waals surface area contributed by atoms with Crippen molar-refractivity contribution < 1.29 is 14.1 Å². The van der Waals surface area contributed by atoms with E-state index in [2.05, 4.69) is 29.2 Å². The van der Waals surface area contributed by atoms with Crippen molar-refractivity contribution in [3.63, 3.8) is 0 Å². The highest BCUT2D eigenvalue weighted by Crippen LogP contribution is 2.33. The lowest BCUT2D eigenvalue weighted by Crippen LogP contribution is -2.47. The number of halogens is 1. The van der Waals surface area contributed by atoms with Gasteiger partial charge in [0, 0.05) is 42.7 Å². The SMILES string of the molecule is Cc1cccc2cc(OC(=O)NC3CCN(C(C)C)CC3)n(Cc3cc(-c4ccc(Cl)s4)on3)c12. The van der Waals surface area contributed by atoms with Crippen LogP contribution in [0.4, 0.5) is 4.79 Å². The maximum Gasteiger partial charge on any atom is 0.414 e. The third kappa shape index (κ3) is 5.24. The molecule has 0 aliphatic carbocycles. The number of thiophene rings is 1. The van der Waals surface area contributed by atoms with E-state index in [1.165, 1.54) is 11.3 Å². The summed E-state index contributed by atoms with van der Waals surface area (Å²) in [6.45, 7) is 8.82. The number of hydrogen-bond donors (Lipinski definition) is 1. The van der Waals surface area contributed by atoms with E-state index in [9.17, 15) is 4.79 Å². The zero-order chi connectivity index (χ0) is 24.5. The first-order chi connectivity index (χ1) is 16.9. The Morgan fingerprint density at radius 2 is 2.06 bits per heavy atom. The van der Waals surface area contributed by atoms with Crippen LogP contribution in [-0.4, -0.2) is 45.9 Å². The van der Waals surface area contributed by atoms with Crippen molar-refractivity contribution in [3.05, 3.63) is 58.1 Å². The van der Waals surface area contributed by atoms with Crippen molar-refractivity contribution >= 4 is 39.9 Å². The molecular weight excluding hydrogens is 484 g/mol. The number of rotatable bonds is 6. The molecule has 3 aromatic heterocycles. The van der Waals surface area contributed by atoms with E-state index >= 15 is 0 Å². The van der Waals surface area contributed by atoms with Gasteiger partial charge in [-0.15, -0.1) is 11.3 Å². The Hall–Kier alpha value is -2.81. The molecule has 1 aliphatic heterocycles. The first kappa shape index (κ1) is 23.9. The molecular formula is C26H29ClN4O3S. The number of carbonyl (C=O) groups excluding carboxylic acids is 1. The number of nitrogens with zero attached hydrogens (tertiary/aromatic N) is 3. The molecule has 0 bridgehead atoms. The van der Waals surface area contributed by atoms with Crippen LogP contribution in [-0.2, 0) is 6.54 Å². The Morgan fingerprint density at radius 3 is 2.77 bits per heavy atom. The number of piperidine rings is 1. The molecule has 1 aliphatic rings. The van der Waals surface area contributed by atoms with E-state index in [0.717, 1.165) is 53.0 Å². The predicted octanol–water partition coefficient (Wildman–Crippen LogP) is 6.33. The van der Waals surface area contributed by atoms with Gasteiger partial charge in [0.2, 0.25) is 5.88 Å². The van der Waals surface area contributed by atoms with E-state index in [-0.39, 0.29) is 6.04 Å². The quantitative estimate of drug-likeness (QED) is 0.327. The number of nitrogens with one attached hydrogen (secondary N) is 1. The highest BCUT2D eigenvalue weighted by Gasteiger charge is 2.24. The first-order valence-electron chi connectivity index (χ1n) is 11.9. The Balaban J connectivity index is 1.35. The fourth-order valence-electron chi connectivity index (χ4n) is 4.69. The number of aromatic nitrogens is 2. The Kier molecular flexibility index (Phi) is 6.86. The van der Waals surface area contributed by atoms with E-state index in [1.54, 1.807) is 0 Å². The van der Waals surface area contributed by atoms with E-state index in [1.807, 2.05) is 54.0 Å². The van der Waals surface area contributed by atoms with Crippen LogP contribution in [0, 0.1) is 6.92 Å². The van der Waals surface area contributed by atoms with Gasteiger partial charge in [0.15, 0.2) is 5.76 Å². The number of fused-ring (bicyclic) bond motifs is 1. The number of carbonyl (C=O) groups is 1. The summed E-state index contributed by atoms with van der Waals surface area (Å²) in [5.74, 6) is 1.15. The van der Waals surface area contributed by atoms with Crippen molar-refractivity contribution in [2.75, 3.05) is 13.1 Å². The van der Waals surface area contributed by atoms with Crippen molar-refractivity contribution in [2.45, 2.75) is 52.2 Å². The van der Waals surface area contributed by atoms with E-state index in [4.69, 9.17) is 20.9 Å². The molecule has 4 aromatic rings. The van der Waals surface area contributed by atoms with Crippen LogP contribution in [0.2, 0.25) is 4.34 Å². The van der Waals surface area contributed by atoms with Gasteiger partial charge in [0.05, 0.1) is 21.3 Å². The van der Waals surface area contributed by atoms with Gasteiger partial charge in [-0.05, 0) is 51.3 Å². The highest BCUT2D eigenvalue weighted by atomic mass is 35.5. The summed E-state index contributed by atoms with van der Waals surface area (Å²) in [5, 5.41) is 8.32. The van der Waals surface area contributed by atoms with Crippen molar-refractivity contribution in [2.24, 2.45) is 0 Å². The molecule has 4 heterocycles. The molecule has 1 amide bonds. The van der Waals surface area contributed by atoms with E-state index in [0.29, 0.717) is 28.6 Å². The normalized spacial score (nSPS) is 15.2. The van der Waals surface area contributed by atoms with Crippen LogP contribution in [0.15, 0.2) is 47.0 Å². The first-order valence-corrected chi connectivity index (χ1v) is 13.1. The van der Waals surface area contributed by atoms with Crippen LogP contribution in [0.3, 0.4) is 0 Å². The predicted molar refractivity (Wildman–Crippen MR) is 139 cm³/mol. The lowest BCUT2D eigenvalue weighted by Gasteiger charge is -2.34. The van der Waals surface area contributed by atoms with Crippen LogP contribution < -0.4 is 10.1 Å². The number of para-hydroxylation sites is 1. The molecule has 1 aromatic carbocycles. The van der Waals surface area contributed by atoms with Crippen LogP contribution >= 0.6 is 22.9 Å². The maximum absolute atomic E-state index is 12.8. The van der Waals surface area contributed by atoms with Crippen LogP contribution in [0.25, 0.3) is 21.5 Å². The van der Waals surface area contributed by atoms with Crippen molar-refractivity contribution in [1.82, 2.24) is 19.9 Å². The molecule has 35 heavy (non-hydrogen) atoms. The molecule has 1 N–H and O–H groups in total. The van der Waals surface area contributed by atoms with Crippen LogP contribution in [0.5, 0.6) is 5.88 Å². The minimum absolute atomic E-state index is 0.118. The van der Waals surface area contributed by atoms with E-state index < -0.39 is 6.09 Å². The summed E-state index contributed by atoms with van der Waals surface area (Å²) in [5.41, 5.74) is 2.83. The number of amides is 1. The summed E-state index contributed by atoms with van der Waals surface area (Å²) in [4.78, 5) is 16.2. The molecule has 0 atom stereocenters. The molecule has 1 saturated heterocycles. The van der Waals surface area contributed by atoms with Gasteiger partial charge in [-0.25, -0.2) is 4.79 Å². The second-order valence-corrected chi connectivity index (χ2v) is 11.0. The largest absolute Gasteiger partial charge is 0.414 e. The number of likely N-dealkylation sites (tertiary alicyclic amines) is 1. The fraction of sp³-hybridized carbons (Fsp3) is 0.385. The zero-order valence-corrected chi connectivity index (χ0v) is 21.7. The topological polar surface area (TPSA) is 72.5 Å². The van der Waals surface area contributed by atoms with Gasteiger partial charge in [0.1, 0.15) is 5.69 Å². The molecule has 7 nitrogen and oxygen atoms in total. The molecule has 5 rings (SSSR count). The molecule has 184 valence electrons.